The SMILES string of the molecule is COc1ccc(-c2cnc(CCCl)o2)cc1F. The van der Waals surface area contributed by atoms with Crippen LogP contribution < -0.4 is 4.74 Å². The highest BCUT2D eigenvalue weighted by molar-refractivity contribution is 6.17. The van der Waals surface area contributed by atoms with Crippen LogP contribution in [0.5, 0.6) is 5.75 Å². The second-order valence-corrected chi connectivity index (χ2v) is 3.78. The molecule has 0 N–H and O–H groups in total. The Hall–Kier alpha value is -1.55. The molecule has 0 radical (unpaired) electrons. The van der Waals surface area contributed by atoms with Crippen LogP contribution in [0.3, 0.4) is 0 Å². The molecular weight excluding hydrogens is 245 g/mol. The zero-order valence-electron chi connectivity index (χ0n) is 9.24. The van der Waals surface area contributed by atoms with Crippen molar-refractivity contribution in [3.63, 3.8) is 0 Å². The van der Waals surface area contributed by atoms with E-state index < -0.39 is 5.82 Å². The Labute approximate surface area is 103 Å². The van der Waals surface area contributed by atoms with Gasteiger partial charge >= 0.3 is 0 Å². The predicted octanol–water partition coefficient (Wildman–Crippen LogP) is 3.27. The van der Waals surface area contributed by atoms with Gasteiger partial charge in [0.1, 0.15) is 0 Å². The third-order valence-corrected chi connectivity index (χ3v) is 2.49. The Kier molecular flexibility index (Phi) is 3.64. The predicted molar refractivity (Wildman–Crippen MR) is 62.9 cm³/mol. The topological polar surface area (TPSA) is 35.3 Å². The van der Waals surface area contributed by atoms with Crippen molar-refractivity contribution in [2.75, 3.05) is 13.0 Å². The first-order chi connectivity index (χ1) is 8.24. The smallest absolute Gasteiger partial charge is 0.196 e. The van der Waals surface area contributed by atoms with Crippen LogP contribution in [0.25, 0.3) is 11.3 Å². The number of alkyl halides is 1. The van der Waals surface area contributed by atoms with Crippen molar-refractivity contribution in [1.29, 1.82) is 0 Å². The fraction of sp³-hybridized carbons (Fsp3) is 0.250. The van der Waals surface area contributed by atoms with Crippen molar-refractivity contribution in [3.05, 3.63) is 36.1 Å². The van der Waals surface area contributed by atoms with Crippen LogP contribution >= 0.6 is 11.6 Å². The molecule has 0 bridgehead atoms. The molecule has 0 aliphatic heterocycles. The maximum atomic E-state index is 13.5. The number of ether oxygens (including phenoxy) is 1. The molecule has 2 aromatic rings. The molecule has 5 heteroatoms. The van der Waals surface area contributed by atoms with E-state index >= 15 is 0 Å². The minimum absolute atomic E-state index is 0.203. The van der Waals surface area contributed by atoms with E-state index in [1.165, 1.54) is 13.2 Å². The lowest BCUT2D eigenvalue weighted by Gasteiger charge is -2.02. The van der Waals surface area contributed by atoms with Gasteiger partial charge in [-0.1, -0.05) is 0 Å². The van der Waals surface area contributed by atoms with Crippen molar-refractivity contribution in [3.8, 4) is 17.1 Å². The molecule has 2 rings (SSSR count). The van der Waals surface area contributed by atoms with Crippen molar-refractivity contribution >= 4 is 11.6 Å². The van der Waals surface area contributed by atoms with Gasteiger partial charge in [-0.3, -0.25) is 0 Å². The molecule has 0 fully saturated rings. The molecule has 0 spiro atoms. The van der Waals surface area contributed by atoms with Crippen molar-refractivity contribution in [2.45, 2.75) is 6.42 Å². The van der Waals surface area contributed by atoms with Crippen molar-refractivity contribution in [2.24, 2.45) is 0 Å². The van der Waals surface area contributed by atoms with Crippen LogP contribution in [-0.2, 0) is 6.42 Å². The summed E-state index contributed by atoms with van der Waals surface area (Å²) in [6.07, 6.45) is 2.11. The number of rotatable bonds is 4. The molecule has 17 heavy (non-hydrogen) atoms. The van der Waals surface area contributed by atoms with Gasteiger partial charge in [0.05, 0.1) is 13.3 Å². The molecule has 1 aromatic carbocycles. The van der Waals surface area contributed by atoms with E-state index in [0.717, 1.165) is 0 Å². The minimum atomic E-state index is -0.430. The lowest BCUT2D eigenvalue weighted by molar-refractivity contribution is 0.386. The summed E-state index contributed by atoms with van der Waals surface area (Å²) in [6, 6.07) is 4.62. The van der Waals surface area contributed by atoms with Crippen molar-refractivity contribution < 1.29 is 13.5 Å². The zero-order chi connectivity index (χ0) is 12.3. The van der Waals surface area contributed by atoms with Crippen LogP contribution in [-0.4, -0.2) is 18.0 Å². The largest absolute Gasteiger partial charge is 0.494 e. The quantitative estimate of drug-likeness (QED) is 0.787. The summed E-state index contributed by atoms with van der Waals surface area (Å²) >= 11 is 5.58. The Balaban J connectivity index is 2.29. The molecule has 0 amide bonds. The Bertz CT molecular complexity index is 513. The summed E-state index contributed by atoms with van der Waals surface area (Å²) < 4.78 is 23.8. The van der Waals surface area contributed by atoms with Gasteiger partial charge in [-0.2, -0.15) is 0 Å². The van der Waals surface area contributed by atoms with E-state index in [1.807, 2.05) is 0 Å². The molecule has 1 heterocycles. The zero-order valence-corrected chi connectivity index (χ0v) is 10.00. The number of methoxy groups -OCH3 is 1. The summed E-state index contributed by atoms with van der Waals surface area (Å²) in [5, 5.41) is 0. The molecule has 1 aromatic heterocycles. The number of aromatic nitrogens is 1. The van der Waals surface area contributed by atoms with Gasteiger partial charge in [0.25, 0.3) is 0 Å². The molecule has 0 aliphatic rings. The van der Waals surface area contributed by atoms with Gasteiger partial charge in [0.2, 0.25) is 0 Å². The maximum absolute atomic E-state index is 13.5. The Morgan fingerprint density at radius 1 is 1.47 bits per heavy atom. The summed E-state index contributed by atoms with van der Waals surface area (Å²) in [4.78, 5) is 4.05. The third kappa shape index (κ3) is 2.58. The molecule has 0 atom stereocenters. The van der Waals surface area contributed by atoms with Crippen LogP contribution in [0.4, 0.5) is 4.39 Å². The molecule has 90 valence electrons. The van der Waals surface area contributed by atoms with Crippen LogP contribution in [0.15, 0.2) is 28.8 Å². The molecule has 0 saturated heterocycles. The normalized spacial score (nSPS) is 10.5. The summed E-state index contributed by atoms with van der Waals surface area (Å²) in [7, 11) is 1.42. The number of aryl methyl sites for hydroxylation is 1. The van der Waals surface area contributed by atoms with Crippen LogP contribution in [0.2, 0.25) is 0 Å². The summed E-state index contributed by atoms with van der Waals surface area (Å²) in [5.41, 5.74) is 0.622. The van der Waals surface area contributed by atoms with Crippen molar-refractivity contribution in [1.82, 2.24) is 4.98 Å². The van der Waals surface area contributed by atoms with E-state index in [-0.39, 0.29) is 5.75 Å². The monoisotopic (exact) mass is 255 g/mol. The number of hydrogen-bond donors (Lipinski definition) is 0. The standard InChI is InChI=1S/C12H11ClFNO2/c1-16-10-3-2-8(6-9(10)14)11-7-15-12(17-11)4-5-13/h2-3,6-7H,4-5H2,1H3. The van der Waals surface area contributed by atoms with Gasteiger partial charge in [-0.05, 0) is 18.2 Å². The minimum Gasteiger partial charge on any atom is -0.494 e. The van der Waals surface area contributed by atoms with Gasteiger partial charge < -0.3 is 9.15 Å². The third-order valence-electron chi connectivity index (χ3n) is 2.30. The van der Waals surface area contributed by atoms with Crippen LogP contribution in [0.1, 0.15) is 5.89 Å². The lowest BCUT2D eigenvalue weighted by atomic mass is 10.2. The first kappa shape index (κ1) is 11.9. The number of halogens is 2. The highest BCUT2D eigenvalue weighted by Gasteiger charge is 2.09. The molecule has 0 unspecified atom stereocenters. The van der Waals surface area contributed by atoms with E-state index in [1.54, 1.807) is 18.3 Å². The van der Waals surface area contributed by atoms with Gasteiger partial charge in [-0.25, -0.2) is 9.37 Å². The second kappa shape index (κ2) is 5.19. The van der Waals surface area contributed by atoms with Gasteiger partial charge in [0.15, 0.2) is 23.2 Å². The average molecular weight is 256 g/mol. The van der Waals surface area contributed by atoms with E-state index in [9.17, 15) is 4.39 Å². The highest BCUT2D eigenvalue weighted by Crippen LogP contribution is 2.26. The van der Waals surface area contributed by atoms with E-state index in [4.69, 9.17) is 20.8 Å². The van der Waals surface area contributed by atoms with Crippen LogP contribution in [0, 0.1) is 5.82 Å². The molecule has 0 aliphatic carbocycles. The Morgan fingerprint density at radius 3 is 2.94 bits per heavy atom. The van der Waals surface area contributed by atoms with E-state index in [0.29, 0.717) is 29.5 Å². The second-order valence-electron chi connectivity index (χ2n) is 3.41. The summed E-state index contributed by atoms with van der Waals surface area (Å²) in [6.45, 7) is 0. The van der Waals surface area contributed by atoms with Gasteiger partial charge in [0, 0.05) is 17.9 Å². The van der Waals surface area contributed by atoms with Gasteiger partial charge in [-0.15, -0.1) is 11.6 Å². The summed E-state index contributed by atoms with van der Waals surface area (Å²) in [5.74, 6) is 1.28. The number of oxazole rings is 1. The number of benzene rings is 1. The molecule has 0 saturated carbocycles. The Morgan fingerprint density at radius 2 is 2.29 bits per heavy atom. The first-order valence-electron chi connectivity index (χ1n) is 5.09. The number of nitrogens with zero attached hydrogens (tertiary/aromatic N) is 1. The molecule has 3 nitrogen and oxygen atoms in total. The number of hydrogen-bond acceptors (Lipinski definition) is 3. The fourth-order valence-electron chi connectivity index (χ4n) is 1.46. The van der Waals surface area contributed by atoms with E-state index in [2.05, 4.69) is 4.98 Å². The highest BCUT2D eigenvalue weighted by atomic mass is 35.5. The molecular formula is C12H11ClFNO2. The first-order valence-corrected chi connectivity index (χ1v) is 5.62. The average Bonchev–Trinajstić information content (AvgIpc) is 2.78. The fourth-order valence-corrected chi connectivity index (χ4v) is 1.62. The lowest BCUT2D eigenvalue weighted by Crippen LogP contribution is -1.88. The maximum Gasteiger partial charge on any atom is 0.196 e.